The molecule has 1 aromatic rings. The van der Waals surface area contributed by atoms with Crippen molar-refractivity contribution in [3.8, 4) is 12.3 Å². The van der Waals surface area contributed by atoms with E-state index in [2.05, 4.69) is 5.92 Å². The van der Waals surface area contributed by atoms with Crippen LogP contribution in [-0.2, 0) is 0 Å². The third-order valence-electron chi connectivity index (χ3n) is 2.34. The van der Waals surface area contributed by atoms with Crippen LogP contribution < -0.4 is 4.90 Å². The number of urea groups is 1. The van der Waals surface area contributed by atoms with Gasteiger partial charge in [0.15, 0.2) is 0 Å². The lowest BCUT2D eigenvalue weighted by Crippen LogP contribution is -2.31. The lowest BCUT2D eigenvalue weighted by atomic mass is 10.3. The molecule has 1 aliphatic rings. The van der Waals surface area contributed by atoms with Gasteiger partial charge in [0, 0.05) is 5.69 Å². The van der Waals surface area contributed by atoms with Crippen LogP contribution >= 0.6 is 0 Å². The normalized spacial score (nSPS) is 20.5. The summed E-state index contributed by atoms with van der Waals surface area (Å²) in [6.45, 7) is 0.315. The molecule has 0 radical (unpaired) electrons. The minimum atomic E-state index is -0.572. The molecular formula is C11H10N2O2. The Hall–Kier alpha value is -1.99. The topological polar surface area (TPSA) is 43.8 Å². The zero-order valence-corrected chi connectivity index (χ0v) is 8.00. The van der Waals surface area contributed by atoms with Gasteiger partial charge in [-0.15, -0.1) is 6.42 Å². The van der Waals surface area contributed by atoms with Gasteiger partial charge < -0.3 is 0 Å². The molecule has 1 saturated heterocycles. The Balaban J connectivity index is 2.27. The largest absolute Gasteiger partial charge is 0.349 e. The predicted octanol–water partition coefficient (Wildman–Crippen LogP) is 1.32. The quantitative estimate of drug-likeness (QED) is 0.551. The van der Waals surface area contributed by atoms with Crippen molar-refractivity contribution in [3.63, 3.8) is 0 Å². The minimum Gasteiger partial charge on any atom is -0.289 e. The maximum absolute atomic E-state index is 11.6. The van der Waals surface area contributed by atoms with Crippen LogP contribution in [0, 0.1) is 12.3 Å². The number of nitrogens with zero attached hydrogens (tertiary/aromatic N) is 2. The fourth-order valence-corrected chi connectivity index (χ4v) is 1.53. The van der Waals surface area contributed by atoms with Crippen LogP contribution in [0.2, 0.25) is 0 Å². The summed E-state index contributed by atoms with van der Waals surface area (Å²) in [6.07, 6.45) is 5.20. The molecule has 1 atom stereocenters. The van der Waals surface area contributed by atoms with E-state index in [-0.39, 0.29) is 0 Å². The van der Waals surface area contributed by atoms with E-state index in [1.165, 1.54) is 4.90 Å². The Morgan fingerprint density at radius 1 is 1.40 bits per heavy atom. The summed E-state index contributed by atoms with van der Waals surface area (Å²) in [5.41, 5.74) is 0.735. The molecule has 2 amide bonds. The second-order valence-corrected chi connectivity index (χ2v) is 3.26. The van der Waals surface area contributed by atoms with Crippen LogP contribution in [0.1, 0.15) is 0 Å². The molecule has 76 valence electrons. The second kappa shape index (κ2) is 3.64. The molecule has 1 aromatic carbocycles. The van der Waals surface area contributed by atoms with E-state index < -0.39 is 12.1 Å². The van der Waals surface area contributed by atoms with Crippen molar-refractivity contribution in [2.24, 2.45) is 0 Å². The van der Waals surface area contributed by atoms with Crippen molar-refractivity contribution >= 4 is 11.7 Å². The summed E-state index contributed by atoms with van der Waals surface area (Å²) >= 11 is 0. The Morgan fingerprint density at radius 3 is 2.60 bits per heavy atom. The van der Waals surface area contributed by atoms with Crippen molar-refractivity contribution in [1.82, 2.24) is 5.06 Å². The van der Waals surface area contributed by atoms with Crippen molar-refractivity contribution in [1.29, 1.82) is 0 Å². The SMILES string of the molecule is C#CC1CN(c2ccccc2)C(=O)N1O. The second-order valence-electron chi connectivity index (χ2n) is 3.26. The van der Waals surface area contributed by atoms with E-state index in [0.717, 1.165) is 5.69 Å². The van der Waals surface area contributed by atoms with Crippen LogP contribution in [0.25, 0.3) is 0 Å². The number of terminal acetylenes is 1. The molecule has 4 heteroatoms. The molecule has 1 aliphatic heterocycles. The van der Waals surface area contributed by atoms with E-state index in [9.17, 15) is 10.0 Å². The van der Waals surface area contributed by atoms with Crippen molar-refractivity contribution in [2.75, 3.05) is 11.4 Å². The van der Waals surface area contributed by atoms with Gasteiger partial charge in [-0.3, -0.25) is 10.1 Å². The number of benzene rings is 1. The summed E-state index contributed by atoms with van der Waals surface area (Å²) in [5, 5.41) is 9.98. The van der Waals surface area contributed by atoms with E-state index >= 15 is 0 Å². The van der Waals surface area contributed by atoms with Gasteiger partial charge in [0.2, 0.25) is 0 Å². The average Bonchev–Trinajstić information content (AvgIpc) is 2.57. The number of rotatable bonds is 1. The molecule has 0 saturated carbocycles. The van der Waals surface area contributed by atoms with Crippen LogP contribution in [0.5, 0.6) is 0 Å². The number of amides is 2. The minimum absolute atomic E-state index is 0.315. The molecule has 15 heavy (non-hydrogen) atoms. The maximum atomic E-state index is 11.6. The van der Waals surface area contributed by atoms with Crippen molar-refractivity contribution in [2.45, 2.75) is 6.04 Å². The van der Waals surface area contributed by atoms with E-state index in [4.69, 9.17) is 6.42 Å². The Labute approximate surface area is 87.7 Å². The first-order chi connectivity index (χ1) is 7.24. The summed E-state index contributed by atoms with van der Waals surface area (Å²) in [4.78, 5) is 13.0. The molecule has 0 spiro atoms. The smallest absolute Gasteiger partial charge is 0.289 e. The monoisotopic (exact) mass is 202 g/mol. The van der Waals surface area contributed by atoms with Crippen LogP contribution in [0.4, 0.5) is 10.5 Å². The summed E-state index contributed by atoms with van der Waals surface area (Å²) in [5.74, 6) is 2.36. The number of hydroxylamine groups is 2. The summed E-state index contributed by atoms with van der Waals surface area (Å²) < 4.78 is 0. The molecule has 1 N–H and O–H groups in total. The Kier molecular flexibility index (Phi) is 2.32. The third-order valence-corrected chi connectivity index (χ3v) is 2.34. The molecule has 1 fully saturated rings. The van der Waals surface area contributed by atoms with Gasteiger partial charge in [-0.25, -0.2) is 4.79 Å². The molecule has 1 heterocycles. The highest BCUT2D eigenvalue weighted by atomic mass is 16.5. The van der Waals surface area contributed by atoms with Crippen LogP contribution in [-0.4, -0.2) is 28.9 Å². The van der Waals surface area contributed by atoms with Gasteiger partial charge >= 0.3 is 6.03 Å². The van der Waals surface area contributed by atoms with Gasteiger partial charge in [0.1, 0.15) is 6.04 Å². The predicted molar refractivity (Wildman–Crippen MR) is 55.4 cm³/mol. The first-order valence-corrected chi connectivity index (χ1v) is 4.55. The first-order valence-electron chi connectivity index (χ1n) is 4.55. The molecule has 2 rings (SSSR count). The zero-order valence-electron chi connectivity index (χ0n) is 8.00. The Bertz CT molecular complexity index is 410. The van der Waals surface area contributed by atoms with E-state index in [1.807, 2.05) is 18.2 Å². The standard InChI is InChI=1S/C11H10N2O2/c1-2-9-8-12(11(14)13(9)15)10-6-4-3-5-7-10/h1,3-7,9,15H,8H2. The highest BCUT2D eigenvalue weighted by Crippen LogP contribution is 2.21. The highest BCUT2D eigenvalue weighted by molar-refractivity contribution is 5.94. The molecule has 1 unspecified atom stereocenters. The molecule has 4 nitrogen and oxygen atoms in total. The average molecular weight is 202 g/mol. The number of hydrogen-bond donors (Lipinski definition) is 1. The number of hydrogen-bond acceptors (Lipinski definition) is 2. The molecule has 0 aliphatic carbocycles. The zero-order chi connectivity index (χ0) is 10.8. The maximum Gasteiger partial charge on any atom is 0.349 e. The number of anilines is 1. The lowest BCUT2D eigenvalue weighted by molar-refractivity contribution is -0.0413. The van der Waals surface area contributed by atoms with Crippen LogP contribution in [0.15, 0.2) is 30.3 Å². The van der Waals surface area contributed by atoms with Gasteiger partial charge in [0.05, 0.1) is 6.54 Å². The van der Waals surface area contributed by atoms with Gasteiger partial charge in [0.25, 0.3) is 0 Å². The molecule has 0 aromatic heterocycles. The first kappa shape index (κ1) is 9.56. The third kappa shape index (κ3) is 1.53. The highest BCUT2D eigenvalue weighted by Gasteiger charge is 2.36. The number of carbonyl (C=O) groups is 1. The number of para-hydroxylation sites is 1. The Morgan fingerprint density at radius 2 is 2.07 bits per heavy atom. The molecule has 0 bridgehead atoms. The fourth-order valence-electron chi connectivity index (χ4n) is 1.53. The lowest BCUT2D eigenvalue weighted by Gasteiger charge is -2.14. The van der Waals surface area contributed by atoms with Crippen molar-refractivity contribution < 1.29 is 10.0 Å². The summed E-state index contributed by atoms with van der Waals surface area (Å²) in [6, 6.07) is 8.05. The van der Waals surface area contributed by atoms with E-state index in [1.54, 1.807) is 12.1 Å². The number of carbonyl (C=O) groups excluding carboxylic acids is 1. The molecular weight excluding hydrogens is 192 g/mol. The van der Waals surface area contributed by atoms with Gasteiger partial charge in [-0.2, -0.15) is 5.06 Å². The van der Waals surface area contributed by atoms with Crippen molar-refractivity contribution in [3.05, 3.63) is 30.3 Å². The van der Waals surface area contributed by atoms with E-state index in [0.29, 0.717) is 11.6 Å². The van der Waals surface area contributed by atoms with Gasteiger partial charge in [-0.1, -0.05) is 24.1 Å². The summed E-state index contributed by atoms with van der Waals surface area (Å²) in [7, 11) is 0. The fraction of sp³-hybridized carbons (Fsp3) is 0.182. The van der Waals surface area contributed by atoms with Crippen LogP contribution in [0.3, 0.4) is 0 Å². The van der Waals surface area contributed by atoms with Gasteiger partial charge in [-0.05, 0) is 12.1 Å².